The highest BCUT2D eigenvalue weighted by Crippen LogP contribution is 2.23. The first-order chi connectivity index (χ1) is 9.39. The molecule has 0 saturated heterocycles. The highest BCUT2D eigenvalue weighted by molar-refractivity contribution is 7.71. The van der Waals surface area contributed by atoms with Gasteiger partial charge in [-0.25, -0.2) is 0 Å². The van der Waals surface area contributed by atoms with Crippen LogP contribution in [-0.4, -0.2) is 32.2 Å². The Hall–Kier alpha value is -0.866. The molecule has 8 heteroatoms. The lowest BCUT2D eigenvalue weighted by Gasteiger charge is -2.20. The number of hydrogen-bond donors (Lipinski definition) is 1. The summed E-state index contributed by atoms with van der Waals surface area (Å²) in [5.41, 5.74) is 0.873. The number of aromatic nitrogens is 2. The molecule has 120 valence electrons. The molecule has 21 heavy (non-hydrogen) atoms. The van der Waals surface area contributed by atoms with Crippen LogP contribution in [0.5, 0.6) is 5.88 Å². The third kappa shape index (κ3) is 6.19. The van der Waals surface area contributed by atoms with E-state index in [-0.39, 0.29) is 5.97 Å². The van der Waals surface area contributed by atoms with Gasteiger partial charge in [-0.1, -0.05) is 0 Å². The van der Waals surface area contributed by atoms with Crippen LogP contribution in [0.15, 0.2) is 0 Å². The summed E-state index contributed by atoms with van der Waals surface area (Å²) < 4.78 is 14.0. The smallest absolute Gasteiger partial charge is 0.292 e. The van der Waals surface area contributed by atoms with E-state index in [1.54, 1.807) is 0 Å². The van der Waals surface area contributed by atoms with E-state index in [2.05, 4.69) is 24.6 Å². The number of H-pyrrole nitrogens is 1. The molecule has 1 aromatic heterocycles. The summed E-state index contributed by atoms with van der Waals surface area (Å²) in [6.07, 6.45) is 0.884. The van der Waals surface area contributed by atoms with Crippen molar-refractivity contribution in [2.24, 2.45) is 7.05 Å². The van der Waals surface area contributed by atoms with E-state index in [1.807, 2.05) is 31.3 Å². The minimum Gasteiger partial charge on any atom is -0.531 e. The normalized spacial score (nSPS) is 12.3. The van der Waals surface area contributed by atoms with E-state index in [4.69, 9.17) is 21.1 Å². The molecule has 0 saturated carbocycles. The van der Waals surface area contributed by atoms with Crippen LogP contribution in [0.25, 0.3) is 0 Å². The summed E-state index contributed by atoms with van der Waals surface area (Å²) in [5.74, 6) is 0.594. The molecule has 1 N–H and O–H groups in total. The lowest BCUT2D eigenvalue weighted by atomic mass is 10.2. The summed E-state index contributed by atoms with van der Waals surface area (Å²) in [6, 6.07) is 0. The van der Waals surface area contributed by atoms with Crippen molar-refractivity contribution in [3.8, 4) is 5.88 Å². The van der Waals surface area contributed by atoms with Crippen molar-refractivity contribution in [3.05, 3.63) is 10.5 Å². The first-order valence-electron chi connectivity index (χ1n) is 7.08. The molecule has 0 atom stereocenters. The lowest BCUT2D eigenvalue weighted by molar-refractivity contribution is -0.135. The molecule has 0 aliphatic carbocycles. The number of carbonyl (C=O) groups excluding carboxylic acids is 1. The number of rotatable bonds is 6. The maximum Gasteiger partial charge on any atom is 0.292 e. The molecule has 0 aliphatic heterocycles. The van der Waals surface area contributed by atoms with Gasteiger partial charge in [0.25, 0.3) is 5.97 Å². The van der Waals surface area contributed by atoms with Gasteiger partial charge in [0, 0.05) is 19.9 Å². The molecule has 5 nitrogen and oxygen atoms in total. The molecule has 1 heterocycles. The van der Waals surface area contributed by atoms with E-state index < -0.39 is 16.6 Å². The Morgan fingerprint density at radius 2 is 1.76 bits per heavy atom. The average molecular weight is 347 g/mol. The van der Waals surface area contributed by atoms with Crippen molar-refractivity contribution in [3.63, 3.8) is 0 Å². The van der Waals surface area contributed by atoms with Crippen molar-refractivity contribution >= 4 is 34.8 Å². The topological polar surface area (TPSA) is 56.2 Å². The van der Waals surface area contributed by atoms with Gasteiger partial charge in [-0.2, -0.15) is 0 Å². The summed E-state index contributed by atoms with van der Waals surface area (Å²) >= 11 is 5.25. The summed E-state index contributed by atoms with van der Waals surface area (Å²) in [5, 5.41) is 0. The Morgan fingerprint density at radius 1 is 1.19 bits per heavy atom. The molecular weight excluding hydrogens is 320 g/mol. The number of aryl methyl sites for hydroxylation is 1. The van der Waals surface area contributed by atoms with Crippen molar-refractivity contribution in [2.75, 3.05) is 0 Å². The Labute approximate surface area is 133 Å². The Morgan fingerprint density at radius 3 is 2.24 bits per heavy atom. The fourth-order valence-corrected chi connectivity index (χ4v) is 3.60. The van der Waals surface area contributed by atoms with Gasteiger partial charge in [0.15, 0.2) is 4.77 Å². The second-order valence-corrected chi connectivity index (χ2v) is 16.3. The van der Waals surface area contributed by atoms with Gasteiger partial charge in [-0.3, -0.25) is 9.36 Å². The van der Waals surface area contributed by atoms with E-state index in [0.29, 0.717) is 17.6 Å². The third-order valence-electron chi connectivity index (χ3n) is 2.53. The summed E-state index contributed by atoms with van der Waals surface area (Å²) in [7, 11) is -1.69. The van der Waals surface area contributed by atoms with E-state index in [0.717, 1.165) is 11.6 Å². The molecule has 0 spiro atoms. The van der Waals surface area contributed by atoms with Crippen LogP contribution < -0.4 is 4.43 Å². The van der Waals surface area contributed by atoms with E-state index in [9.17, 15) is 4.79 Å². The first-order valence-corrected chi connectivity index (χ1v) is 14.3. The molecule has 0 fully saturated rings. The third-order valence-corrected chi connectivity index (χ3v) is 4.55. The monoisotopic (exact) mass is 346 g/mol. The average Bonchev–Trinajstić information content (AvgIpc) is 2.50. The maximum absolute atomic E-state index is 11.9. The van der Waals surface area contributed by atoms with Crippen LogP contribution in [0.1, 0.15) is 12.1 Å². The van der Waals surface area contributed by atoms with Crippen LogP contribution in [-0.2, 0) is 22.7 Å². The van der Waals surface area contributed by atoms with Gasteiger partial charge < -0.3 is 13.8 Å². The zero-order valence-electron chi connectivity index (χ0n) is 14.0. The van der Waals surface area contributed by atoms with E-state index >= 15 is 0 Å². The molecule has 0 amide bonds. The largest absolute Gasteiger partial charge is 0.531 e. The standard InChI is InChI=1S/C13H26N2O3SSi2/c1-15-12(18-21(5,6)7)10(14-13(15)19)8-9-11(16)17-20(2,3)4/h8-9H2,1-7H3,(H,14,19). The van der Waals surface area contributed by atoms with Crippen molar-refractivity contribution < 1.29 is 13.6 Å². The number of nitrogens with zero attached hydrogens (tertiary/aromatic N) is 1. The molecule has 0 radical (unpaired) electrons. The van der Waals surface area contributed by atoms with Crippen LogP contribution in [0, 0.1) is 4.77 Å². The second kappa shape index (κ2) is 6.49. The Kier molecular flexibility index (Phi) is 5.62. The molecule has 1 rings (SSSR count). The molecule has 0 bridgehead atoms. The molecular formula is C13H26N2O3SSi2. The number of hydrogen-bond acceptors (Lipinski definition) is 4. The Bertz CT molecular complexity index is 567. The summed E-state index contributed by atoms with van der Waals surface area (Å²) in [4.78, 5) is 15.0. The SMILES string of the molecule is Cn1c(O[Si](C)(C)C)c(CCC(=O)O[Si](C)(C)C)[nH]c1=S. The fraction of sp³-hybridized carbons (Fsp3) is 0.692. The second-order valence-electron chi connectivity index (χ2n) is 7.07. The predicted octanol–water partition coefficient (Wildman–Crippen LogP) is 3.61. The number of nitrogens with one attached hydrogen (secondary N) is 1. The molecule has 0 aliphatic rings. The number of imidazole rings is 1. The van der Waals surface area contributed by atoms with Gasteiger partial charge in [0.05, 0.1) is 5.69 Å². The molecule has 0 aromatic carbocycles. The number of aromatic amines is 1. The lowest BCUT2D eigenvalue weighted by Crippen LogP contribution is -2.31. The van der Waals surface area contributed by atoms with Crippen molar-refractivity contribution in [1.82, 2.24) is 9.55 Å². The maximum atomic E-state index is 11.9. The Balaban J connectivity index is 2.82. The van der Waals surface area contributed by atoms with Gasteiger partial charge in [0.1, 0.15) is 0 Å². The van der Waals surface area contributed by atoms with Crippen LogP contribution in [0.4, 0.5) is 0 Å². The van der Waals surface area contributed by atoms with Gasteiger partial charge in [-0.05, 0) is 51.5 Å². The predicted molar refractivity (Wildman–Crippen MR) is 92.3 cm³/mol. The zero-order valence-corrected chi connectivity index (χ0v) is 16.8. The zero-order chi connectivity index (χ0) is 16.4. The molecule has 1 aromatic rings. The van der Waals surface area contributed by atoms with Crippen molar-refractivity contribution in [2.45, 2.75) is 52.1 Å². The minimum atomic E-state index is -1.83. The fourth-order valence-electron chi connectivity index (χ4n) is 1.77. The summed E-state index contributed by atoms with van der Waals surface area (Å²) in [6.45, 7) is 12.4. The van der Waals surface area contributed by atoms with Gasteiger partial charge >= 0.3 is 0 Å². The van der Waals surface area contributed by atoms with Crippen LogP contribution >= 0.6 is 12.2 Å². The van der Waals surface area contributed by atoms with Crippen molar-refractivity contribution in [1.29, 1.82) is 0 Å². The number of carbonyl (C=O) groups is 1. The van der Waals surface area contributed by atoms with Crippen LogP contribution in [0.3, 0.4) is 0 Å². The van der Waals surface area contributed by atoms with E-state index in [1.165, 1.54) is 0 Å². The first kappa shape index (κ1) is 18.2. The highest BCUT2D eigenvalue weighted by Gasteiger charge is 2.23. The highest BCUT2D eigenvalue weighted by atomic mass is 32.1. The molecule has 0 unspecified atom stereocenters. The van der Waals surface area contributed by atoms with Gasteiger partial charge in [0.2, 0.25) is 22.5 Å². The van der Waals surface area contributed by atoms with Gasteiger partial charge in [-0.15, -0.1) is 0 Å². The minimum absolute atomic E-state index is 0.156. The quantitative estimate of drug-likeness (QED) is 0.631. The van der Waals surface area contributed by atoms with Crippen LogP contribution in [0.2, 0.25) is 39.3 Å².